The molecule has 5 heteroatoms. The van der Waals surface area contributed by atoms with Crippen molar-refractivity contribution in [2.45, 2.75) is 13.8 Å². The van der Waals surface area contributed by atoms with Crippen molar-refractivity contribution < 1.29 is 8.83 Å². The van der Waals surface area contributed by atoms with E-state index in [4.69, 9.17) is 20.4 Å². The Hall–Kier alpha value is -2.85. The molecule has 4 nitrogen and oxygen atoms in total. The number of hydrogen-bond acceptors (Lipinski definition) is 4. The summed E-state index contributed by atoms with van der Waals surface area (Å²) in [6, 6.07) is 12.9. The molecule has 0 atom stereocenters. The molecule has 2 heterocycles. The van der Waals surface area contributed by atoms with Crippen molar-refractivity contribution in [2.75, 3.05) is 0 Å². The maximum Gasteiger partial charge on any atom is 0.355 e. The number of rotatable bonds is 1. The first kappa shape index (κ1) is 15.7. The monoisotopic (exact) mass is 352 g/mol. The molecule has 0 saturated carbocycles. The van der Waals surface area contributed by atoms with Crippen LogP contribution in [0.3, 0.4) is 0 Å². The molecule has 0 saturated heterocycles. The van der Waals surface area contributed by atoms with Gasteiger partial charge in [0.15, 0.2) is 0 Å². The second-order valence-corrected chi connectivity index (χ2v) is 6.31. The highest BCUT2D eigenvalue weighted by molar-refractivity contribution is 6.32. The standard InChI is InChI=1S/C20H13ClO4/c1-10-13-8-15-14(12-6-4-3-5-7-12)9-16(22)24-19(15)11(2)18(13)25-20(23)17(10)21/h3-9H,1-2H3. The summed E-state index contributed by atoms with van der Waals surface area (Å²) in [7, 11) is 0. The molecule has 0 bridgehead atoms. The zero-order valence-electron chi connectivity index (χ0n) is 13.6. The second-order valence-electron chi connectivity index (χ2n) is 5.93. The van der Waals surface area contributed by atoms with Crippen LogP contribution in [0.15, 0.2) is 60.9 Å². The van der Waals surface area contributed by atoms with Gasteiger partial charge in [0.1, 0.15) is 16.2 Å². The molecule has 0 spiro atoms. The highest BCUT2D eigenvalue weighted by Crippen LogP contribution is 2.35. The van der Waals surface area contributed by atoms with E-state index in [0.717, 1.165) is 21.9 Å². The summed E-state index contributed by atoms with van der Waals surface area (Å²) < 4.78 is 10.8. The summed E-state index contributed by atoms with van der Waals surface area (Å²) in [6.45, 7) is 3.53. The number of halogens is 1. The van der Waals surface area contributed by atoms with Crippen LogP contribution in [0.1, 0.15) is 11.1 Å². The largest absolute Gasteiger partial charge is 0.422 e. The quantitative estimate of drug-likeness (QED) is 0.363. The summed E-state index contributed by atoms with van der Waals surface area (Å²) in [4.78, 5) is 24.0. The first-order valence-corrected chi connectivity index (χ1v) is 8.11. The van der Waals surface area contributed by atoms with E-state index in [1.165, 1.54) is 6.07 Å². The van der Waals surface area contributed by atoms with E-state index < -0.39 is 11.3 Å². The molecule has 0 aliphatic carbocycles. The van der Waals surface area contributed by atoms with E-state index in [9.17, 15) is 9.59 Å². The minimum absolute atomic E-state index is 0.0601. The van der Waals surface area contributed by atoms with Gasteiger partial charge in [-0.15, -0.1) is 0 Å². The van der Waals surface area contributed by atoms with Crippen LogP contribution >= 0.6 is 11.6 Å². The molecular formula is C20H13ClO4. The Balaban J connectivity index is 2.25. The van der Waals surface area contributed by atoms with E-state index >= 15 is 0 Å². The van der Waals surface area contributed by atoms with Gasteiger partial charge in [-0.2, -0.15) is 0 Å². The van der Waals surface area contributed by atoms with E-state index in [-0.39, 0.29) is 5.02 Å². The van der Waals surface area contributed by atoms with Crippen LogP contribution < -0.4 is 11.3 Å². The van der Waals surface area contributed by atoms with Crippen LogP contribution in [0, 0.1) is 13.8 Å². The lowest BCUT2D eigenvalue weighted by Gasteiger charge is -2.11. The molecule has 0 fully saturated rings. The van der Waals surface area contributed by atoms with Crippen molar-refractivity contribution >= 4 is 33.5 Å². The minimum Gasteiger partial charge on any atom is -0.422 e. The van der Waals surface area contributed by atoms with Crippen LogP contribution in [-0.4, -0.2) is 0 Å². The topological polar surface area (TPSA) is 60.4 Å². The van der Waals surface area contributed by atoms with Gasteiger partial charge in [0.25, 0.3) is 0 Å². The van der Waals surface area contributed by atoms with Crippen molar-refractivity contribution in [3.63, 3.8) is 0 Å². The normalized spacial score (nSPS) is 11.3. The first-order valence-electron chi connectivity index (χ1n) is 7.73. The molecule has 0 aliphatic rings. The molecule has 4 aromatic rings. The summed E-state index contributed by atoms with van der Waals surface area (Å²) in [5, 5.41) is 1.55. The molecule has 0 unspecified atom stereocenters. The van der Waals surface area contributed by atoms with E-state index in [1.54, 1.807) is 13.8 Å². The van der Waals surface area contributed by atoms with Gasteiger partial charge in [0.05, 0.1) is 0 Å². The molecule has 124 valence electrons. The lowest BCUT2D eigenvalue weighted by atomic mass is 9.97. The Morgan fingerprint density at radius 3 is 2.24 bits per heavy atom. The van der Waals surface area contributed by atoms with Gasteiger partial charge >= 0.3 is 11.3 Å². The van der Waals surface area contributed by atoms with Crippen molar-refractivity contribution in [3.8, 4) is 11.1 Å². The summed E-state index contributed by atoms with van der Waals surface area (Å²) in [5.41, 5.74) is 2.63. The van der Waals surface area contributed by atoms with Crippen LogP contribution in [-0.2, 0) is 0 Å². The Kier molecular flexibility index (Phi) is 3.51. The van der Waals surface area contributed by atoms with E-state index in [0.29, 0.717) is 22.3 Å². The maximum absolute atomic E-state index is 12.1. The third-order valence-corrected chi connectivity index (χ3v) is 4.84. The second kappa shape index (κ2) is 5.60. The zero-order valence-corrected chi connectivity index (χ0v) is 14.3. The van der Waals surface area contributed by atoms with Gasteiger partial charge in [-0.25, -0.2) is 9.59 Å². The van der Waals surface area contributed by atoms with Crippen LogP contribution in [0.25, 0.3) is 33.1 Å². The average molecular weight is 353 g/mol. The molecule has 0 amide bonds. The molecule has 4 rings (SSSR count). The fourth-order valence-corrected chi connectivity index (χ4v) is 3.26. The predicted octanol–water partition coefficient (Wildman–Crippen LogP) is 4.84. The summed E-state index contributed by atoms with van der Waals surface area (Å²) in [5.74, 6) is 0. The summed E-state index contributed by atoms with van der Waals surface area (Å²) >= 11 is 6.06. The molecule has 0 N–H and O–H groups in total. The Bertz CT molecular complexity index is 1250. The Labute approximate surface area is 147 Å². The maximum atomic E-state index is 12.1. The Morgan fingerprint density at radius 2 is 1.52 bits per heavy atom. The van der Waals surface area contributed by atoms with Crippen LogP contribution in [0.5, 0.6) is 0 Å². The molecule has 2 aromatic carbocycles. The van der Waals surface area contributed by atoms with Gasteiger partial charge in [-0.1, -0.05) is 41.9 Å². The van der Waals surface area contributed by atoms with Gasteiger partial charge in [-0.3, -0.25) is 0 Å². The SMILES string of the molecule is Cc1c(Cl)c(=O)oc2c(C)c3oc(=O)cc(-c4ccccc4)c3cc12. The van der Waals surface area contributed by atoms with Gasteiger partial charge in [0.2, 0.25) is 0 Å². The fraction of sp³-hybridized carbons (Fsp3) is 0.100. The van der Waals surface area contributed by atoms with Crippen LogP contribution in [0.4, 0.5) is 0 Å². The number of benzene rings is 2. The van der Waals surface area contributed by atoms with Crippen molar-refractivity contribution in [1.29, 1.82) is 0 Å². The molecule has 0 aliphatic heterocycles. The Morgan fingerprint density at radius 1 is 0.840 bits per heavy atom. The number of aryl methyl sites for hydroxylation is 2. The van der Waals surface area contributed by atoms with Crippen LogP contribution in [0.2, 0.25) is 5.02 Å². The highest BCUT2D eigenvalue weighted by Gasteiger charge is 2.17. The molecule has 2 aromatic heterocycles. The first-order chi connectivity index (χ1) is 12.0. The van der Waals surface area contributed by atoms with Crippen molar-refractivity contribution in [3.05, 3.63) is 79.5 Å². The highest BCUT2D eigenvalue weighted by atomic mass is 35.5. The van der Waals surface area contributed by atoms with Gasteiger partial charge in [-0.05, 0) is 36.6 Å². The van der Waals surface area contributed by atoms with Crippen molar-refractivity contribution in [2.24, 2.45) is 0 Å². The van der Waals surface area contributed by atoms with E-state index in [1.807, 2.05) is 36.4 Å². The van der Waals surface area contributed by atoms with E-state index in [2.05, 4.69) is 0 Å². The predicted molar refractivity (Wildman–Crippen MR) is 98.4 cm³/mol. The lowest BCUT2D eigenvalue weighted by Crippen LogP contribution is -2.04. The van der Waals surface area contributed by atoms with Crippen molar-refractivity contribution in [1.82, 2.24) is 0 Å². The number of hydrogen-bond donors (Lipinski definition) is 0. The van der Waals surface area contributed by atoms with Gasteiger partial charge < -0.3 is 8.83 Å². The number of fused-ring (bicyclic) bond motifs is 2. The third kappa shape index (κ3) is 2.37. The third-order valence-electron chi connectivity index (χ3n) is 4.41. The average Bonchev–Trinajstić information content (AvgIpc) is 2.62. The molecule has 0 radical (unpaired) electrons. The summed E-state index contributed by atoms with van der Waals surface area (Å²) in [6.07, 6.45) is 0. The molecular weight excluding hydrogens is 340 g/mol. The minimum atomic E-state index is -0.601. The zero-order chi connectivity index (χ0) is 17.7. The smallest absolute Gasteiger partial charge is 0.355 e. The molecule has 25 heavy (non-hydrogen) atoms. The lowest BCUT2D eigenvalue weighted by molar-refractivity contribution is 0.545. The fourth-order valence-electron chi connectivity index (χ4n) is 3.12. The van der Waals surface area contributed by atoms with Gasteiger partial charge in [0, 0.05) is 22.4 Å².